The van der Waals surface area contributed by atoms with Gasteiger partial charge in [0.15, 0.2) is 11.5 Å². The van der Waals surface area contributed by atoms with Gasteiger partial charge < -0.3 is 9.47 Å². The highest BCUT2D eigenvalue weighted by Gasteiger charge is 2.28. The van der Waals surface area contributed by atoms with Crippen molar-refractivity contribution in [1.29, 1.82) is 0 Å². The molecule has 0 fully saturated rings. The number of Topliss-reactive ketones (excluding diaryl/α,β-unsaturated/α-hetero) is 1. The minimum atomic E-state index is -0.682. The fourth-order valence-corrected chi connectivity index (χ4v) is 1.94. The van der Waals surface area contributed by atoms with E-state index in [1.54, 1.807) is 42.5 Å². The number of rotatable bonds is 2. The van der Waals surface area contributed by atoms with Crippen LogP contribution in [0.3, 0.4) is 0 Å². The number of ketones is 2. The minimum Gasteiger partial charge on any atom is -0.459 e. The zero-order valence-corrected chi connectivity index (χ0v) is 9.91. The van der Waals surface area contributed by atoms with Crippen molar-refractivity contribution >= 4 is 11.6 Å². The normalized spacial score (nSPS) is 20.6. The van der Waals surface area contributed by atoms with E-state index in [-0.39, 0.29) is 17.3 Å². The maximum Gasteiger partial charge on any atom is 0.260 e. The van der Waals surface area contributed by atoms with Crippen molar-refractivity contribution in [1.82, 2.24) is 0 Å². The van der Waals surface area contributed by atoms with E-state index in [4.69, 9.17) is 9.47 Å². The van der Waals surface area contributed by atoms with Gasteiger partial charge in [0, 0.05) is 17.2 Å². The van der Waals surface area contributed by atoms with E-state index in [0.29, 0.717) is 11.1 Å². The third-order valence-electron chi connectivity index (χ3n) is 2.84. The highest BCUT2D eigenvalue weighted by Crippen LogP contribution is 2.23. The molecular formula is C15H10O4. The predicted molar refractivity (Wildman–Crippen MR) is 67.4 cm³/mol. The number of benzene rings is 1. The molecular weight excluding hydrogens is 244 g/mol. The van der Waals surface area contributed by atoms with Crippen LogP contribution in [-0.4, -0.2) is 17.9 Å². The lowest BCUT2D eigenvalue weighted by molar-refractivity contribution is -0.0375. The highest BCUT2D eigenvalue weighted by atomic mass is 16.7. The largest absolute Gasteiger partial charge is 0.459 e. The molecule has 0 N–H and O–H groups in total. The van der Waals surface area contributed by atoms with Gasteiger partial charge in [0.05, 0.1) is 6.26 Å². The molecule has 1 aromatic carbocycles. The topological polar surface area (TPSA) is 52.6 Å². The van der Waals surface area contributed by atoms with Crippen LogP contribution in [0.1, 0.15) is 20.7 Å². The lowest BCUT2D eigenvalue weighted by Gasteiger charge is -2.20. The fraction of sp³-hybridized carbons (Fsp3) is 0.0667. The maximum atomic E-state index is 12.2. The smallest absolute Gasteiger partial charge is 0.260 e. The van der Waals surface area contributed by atoms with E-state index >= 15 is 0 Å². The zero-order chi connectivity index (χ0) is 13.2. The first-order chi connectivity index (χ1) is 9.25. The highest BCUT2D eigenvalue weighted by molar-refractivity contribution is 6.23. The van der Waals surface area contributed by atoms with Crippen LogP contribution in [0.15, 0.2) is 60.6 Å². The number of carbonyl (C=O) groups excluding carboxylic acids is 2. The summed E-state index contributed by atoms with van der Waals surface area (Å²) in [5, 5.41) is 0. The molecule has 1 aromatic rings. The van der Waals surface area contributed by atoms with Crippen LogP contribution in [-0.2, 0) is 9.47 Å². The summed E-state index contributed by atoms with van der Waals surface area (Å²) < 4.78 is 10.6. The van der Waals surface area contributed by atoms with Crippen molar-refractivity contribution in [3.8, 4) is 0 Å². The molecule has 0 spiro atoms. The van der Waals surface area contributed by atoms with Gasteiger partial charge in [0.2, 0.25) is 5.78 Å². The molecule has 94 valence electrons. The van der Waals surface area contributed by atoms with E-state index in [9.17, 15) is 9.59 Å². The zero-order valence-electron chi connectivity index (χ0n) is 9.91. The summed E-state index contributed by atoms with van der Waals surface area (Å²) in [6.45, 7) is 0. The molecule has 1 heterocycles. The van der Waals surface area contributed by atoms with E-state index in [2.05, 4.69) is 0 Å². The molecule has 0 amide bonds. The Bertz CT molecular complexity index is 637. The van der Waals surface area contributed by atoms with Gasteiger partial charge in [-0.1, -0.05) is 30.3 Å². The van der Waals surface area contributed by atoms with Crippen molar-refractivity contribution in [2.75, 3.05) is 0 Å². The second-order valence-corrected chi connectivity index (χ2v) is 4.08. The Balaban J connectivity index is 1.88. The number of hydrogen-bond acceptors (Lipinski definition) is 4. The third kappa shape index (κ3) is 2.08. The van der Waals surface area contributed by atoms with Gasteiger partial charge in [-0.05, 0) is 12.2 Å². The summed E-state index contributed by atoms with van der Waals surface area (Å²) in [5.41, 5.74) is 0.764. The molecule has 2 aliphatic rings. The van der Waals surface area contributed by atoms with Gasteiger partial charge in [-0.3, -0.25) is 9.59 Å². The standard InChI is InChI=1S/C15H10O4/c16-12-9-13(19-14-7-3-4-8-18-14)15(17)11-6-2-1-5-10(11)12/h1-9,14H. The summed E-state index contributed by atoms with van der Waals surface area (Å²) in [7, 11) is 0. The summed E-state index contributed by atoms with van der Waals surface area (Å²) in [6.07, 6.45) is 7.10. The van der Waals surface area contributed by atoms with Crippen LogP contribution in [0.2, 0.25) is 0 Å². The Morgan fingerprint density at radius 1 is 1.05 bits per heavy atom. The van der Waals surface area contributed by atoms with Crippen molar-refractivity contribution in [3.63, 3.8) is 0 Å². The SMILES string of the molecule is O=C1C=C(OC2C=CC=CO2)C(=O)c2ccccc21. The Hall–Kier alpha value is -2.62. The van der Waals surface area contributed by atoms with Crippen LogP contribution in [0.25, 0.3) is 0 Å². The number of carbonyl (C=O) groups is 2. The molecule has 1 unspecified atom stereocenters. The second kappa shape index (κ2) is 4.57. The number of hydrogen-bond donors (Lipinski definition) is 0. The molecule has 4 heteroatoms. The van der Waals surface area contributed by atoms with Gasteiger partial charge in [-0.25, -0.2) is 0 Å². The average Bonchev–Trinajstić information content (AvgIpc) is 2.46. The van der Waals surface area contributed by atoms with Gasteiger partial charge in [0.25, 0.3) is 6.29 Å². The Morgan fingerprint density at radius 2 is 1.84 bits per heavy atom. The molecule has 1 aliphatic heterocycles. The summed E-state index contributed by atoms with van der Waals surface area (Å²) in [4.78, 5) is 24.1. The monoisotopic (exact) mass is 254 g/mol. The van der Waals surface area contributed by atoms with E-state index < -0.39 is 6.29 Å². The van der Waals surface area contributed by atoms with E-state index in [0.717, 1.165) is 0 Å². The minimum absolute atomic E-state index is 0.00801. The van der Waals surface area contributed by atoms with Crippen LogP contribution in [0, 0.1) is 0 Å². The number of fused-ring (bicyclic) bond motifs is 1. The molecule has 1 atom stereocenters. The Morgan fingerprint density at radius 3 is 2.58 bits per heavy atom. The molecule has 19 heavy (non-hydrogen) atoms. The molecule has 4 nitrogen and oxygen atoms in total. The number of ether oxygens (including phenoxy) is 2. The van der Waals surface area contributed by atoms with Crippen molar-refractivity contribution in [2.45, 2.75) is 6.29 Å². The molecule has 0 radical (unpaired) electrons. The van der Waals surface area contributed by atoms with Gasteiger partial charge in [-0.2, -0.15) is 0 Å². The van der Waals surface area contributed by atoms with Crippen LogP contribution >= 0.6 is 0 Å². The van der Waals surface area contributed by atoms with Gasteiger partial charge >= 0.3 is 0 Å². The summed E-state index contributed by atoms with van der Waals surface area (Å²) >= 11 is 0. The Kier molecular flexibility index (Phi) is 2.76. The van der Waals surface area contributed by atoms with Crippen molar-refractivity contribution in [2.24, 2.45) is 0 Å². The quantitative estimate of drug-likeness (QED) is 0.813. The van der Waals surface area contributed by atoms with Crippen molar-refractivity contribution < 1.29 is 19.1 Å². The number of allylic oxidation sites excluding steroid dienone is 4. The van der Waals surface area contributed by atoms with E-state index in [1.807, 2.05) is 0 Å². The van der Waals surface area contributed by atoms with Crippen molar-refractivity contribution in [3.05, 3.63) is 71.7 Å². The molecule has 0 saturated heterocycles. The average molecular weight is 254 g/mol. The van der Waals surface area contributed by atoms with E-state index in [1.165, 1.54) is 12.3 Å². The van der Waals surface area contributed by atoms with Crippen LogP contribution < -0.4 is 0 Å². The summed E-state index contributed by atoms with van der Waals surface area (Å²) in [5.74, 6) is -0.532. The Labute approximate surface area is 109 Å². The summed E-state index contributed by atoms with van der Waals surface area (Å²) in [6, 6.07) is 6.68. The molecule has 0 saturated carbocycles. The second-order valence-electron chi connectivity index (χ2n) is 4.08. The molecule has 0 bridgehead atoms. The first kappa shape index (κ1) is 11.5. The molecule has 1 aliphatic carbocycles. The lowest BCUT2D eigenvalue weighted by Crippen LogP contribution is -2.23. The predicted octanol–water partition coefficient (Wildman–Crippen LogP) is 2.39. The van der Waals surface area contributed by atoms with Gasteiger partial charge in [0.1, 0.15) is 0 Å². The first-order valence-electron chi connectivity index (χ1n) is 5.81. The maximum absolute atomic E-state index is 12.2. The van der Waals surface area contributed by atoms with Crippen LogP contribution in [0.5, 0.6) is 0 Å². The fourth-order valence-electron chi connectivity index (χ4n) is 1.94. The third-order valence-corrected chi connectivity index (χ3v) is 2.84. The lowest BCUT2D eigenvalue weighted by atomic mass is 9.94. The molecule has 0 aromatic heterocycles. The first-order valence-corrected chi connectivity index (χ1v) is 5.81. The van der Waals surface area contributed by atoms with Crippen LogP contribution in [0.4, 0.5) is 0 Å². The molecule has 3 rings (SSSR count). The van der Waals surface area contributed by atoms with Gasteiger partial charge in [-0.15, -0.1) is 0 Å².